The van der Waals surface area contributed by atoms with E-state index in [2.05, 4.69) is 0 Å². The lowest BCUT2D eigenvalue weighted by Gasteiger charge is -2.21. The fourth-order valence-electron chi connectivity index (χ4n) is 4.87. The van der Waals surface area contributed by atoms with E-state index in [1.807, 2.05) is 48.5 Å². The molecule has 168 valence electrons. The number of hydrogen-bond acceptors (Lipinski definition) is 4. The van der Waals surface area contributed by atoms with Crippen molar-refractivity contribution in [3.8, 4) is 5.75 Å². The van der Waals surface area contributed by atoms with E-state index >= 15 is 0 Å². The zero-order valence-electron chi connectivity index (χ0n) is 18.9. The van der Waals surface area contributed by atoms with Crippen molar-refractivity contribution in [3.05, 3.63) is 76.0 Å². The van der Waals surface area contributed by atoms with E-state index in [1.165, 1.54) is 39.2 Å². The van der Waals surface area contributed by atoms with Gasteiger partial charge < -0.3 is 14.7 Å². The Bertz CT molecular complexity index is 1030. The monoisotopic (exact) mass is 433 g/mol. The molecular weight excluding hydrogens is 402 g/mol. The number of hydroxylamine groups is 1. The maximum absolute atomic E-state index is 12.9. The summed E-state index contributed by atoms with van der Waals surface area (Å²) in [6.45, 7) is 2.67. The zero-order valence-corrected chi connectivity index (χ0v) is 18.9. The Morgan fingerprint density at radius 2 is 1.81 bits per heavy atom. The fourth-order valence-corrected chi connectivity index (χ4v) is 4.87. The lowest BCUT2D eigenvalue weighted by atomic mass is 9.87. The van der Waals surface area contributed by atoms with Gasteiger partial charge >= 0.3 is 5.97 Å². The largest absolute Gasteiger partial charge is 0.624 e. The van der Waals surface area contributed by atoms with Crippen LogP contribution in [0, 0.1) is 11.1 Å². The molecule has 0 heterocycles. The number of carbonyl (C=O) groups excluding carboxylic acids is 1. The molecule has 5 heteroatoms. The Labute approximate surface area is 190 Å². The molecular formula is C27H31NO4. The van der Waals surface area contributed by atoms with Gasteiger partial charge in [-0.2, -0.15) is 0 Å². The van der Waals surface area contributed by atoms with Gasteiger partial charge in [-0.15, -0.1) is 0 Å². The van der Waals surface area contributed by atoms with Crippen molar-refractivity contribution >= 4 is 17.3 Å². The van der Waals surface area contributed by atoms with Crippen LogP contribution in [0.25, 0.3) is 5.57 Å². The van der Waals surface area contributed by atoms with Crippen LogP contribution in [0.1, 0.15) is 62.1 Å². The van der Waals surface area contributed by atoms with E-state index in [9.17, 15) is 10.0 Å². The summed E-state index contributed by atoms with van der Waals surface area (Å²) in [5.41, 5.74) is 3.79. The number of ether oxygens (including phenoxy) is 2. The van der Waals surface area contributed by atoms with Gasteiger partial charge in [-0.25, -0.2) is 9.53 Å². The lowest BCUT2D eigenvalue weighted by Crippen LogP contribution is -2.21. The summed E-state index contributed by atoms with van der Waals surface area (Å²) in [6.07, 6.45) is 7.63. The molecule has 2 aromatic carbocycles. The minimum absolute atomic E-state index is 0.242. The molecule has 1 fully saturated rings. The molecule has 1 saturated carbocycles. The van der Waals surface area contributed by atoms with Crippen LogP contribution < -0.4 is 4.74 Å². The highest BCUT2D eigenvalue weighted by Gasteiger charge is 2.39. The van der Waals surface area contributed by atoms with Crippen LogP contribution >= 0.6 is 0 Å². The molecule has 5 nitrogen and oxygen atoms in total. The highest BCUT2D eigenvalue weighted by Crippen LogP contribution is 2.40. The van der Waals surface area contributed by atoms with Crippen molar-refractivity contribution in [2.24, 2.45) is 5.92 Å². The summed E-state index contributed by atoms with van der Waals surface area (Å²) in [6, 6.07) is 15.4. The second-order valence-corrected chi connectivity index (χ2v) is 8.53. The minimum Gasteiger partial charge on any atom is -0.624 e. The van der Waals surface area contributed by atoms with Gasteiger partial charge in [-0.3, -0.25) is 0 Å². The third-order valence-electron chi connectivity index (χ3n) is 6.38. The minimum atomic E-state index is -0.486. The summed E-state index contributed by atoms with van der Waals surface area (Å²) in [5.74, 6) is 0.978. The zero-order chi connectivity index (χ0) is 22.5. The van der Waals surface area contributed by atoms with Crippen molar-refractivity contribution in [2.45, 2.75) is 45.4 Å². The van der Waals surface area contributed by atoms with Crippen LogP contribution in [0.4, 0.5) is 0 Å². The summed E-state index contributed by atoms with van der Waals surface area (Å²) in [5, 5.41) is 12.6. The van der Waals surface area contributed by atoms with Crippen molar-refractivity contribution in [1.82, 2.24) is 0 Å². The van der Waals surface area contributed by atoms with Crippen LogP contribution in [-0.2, 0) is 9.53 Å². The summed E-state index contributed by atoms with van der Waals surface area (Å²) in [4.78, 5) is 12.9. The Kier molecular flexibility index (Phi) is 6.93. The third-order valence-corrected chi connectivity index (χ3v) is 6.38. The molecule has 4 rings (SSSR count). The molecule has 0 radical (unpaired) electrons. The SMILES string of the molecule is CCOC(=O)C1=C(c2ccccc2)c2ccc(OCCC3CCCCC3)cc2/C1=[N+](/C)[O-]. The molecule has 0 atom stereocenters. The highest BCUT2D eigenvalue weighted by molar-refractivity contribution is 6.35. The van der Waals surface area contributed by atoms with Gasteiger partial charge in [-0.1, -0.05) is 62.4 Å². The molecule has 32 heavy (non-hydrogen) atoms. The Morgan fingerprint density at radius 3 is 2.50 bits per heavy atom. The van der Waals surface area contributed by atoms with Crippen LogP contribution in [0.3, 0.4) is 0 Å². The van der Waals surface area contributed by atoms with Crippen molar-refractivity contribution in [1.29, 1.82) is 0 Å². The maximum atomic E-state index is 12.9. The van der Waals surface area contributed by atoms with Crippen LogP contribution in [0.5, 0.6) is 5.75 Å². The maximum Gasteiger partial charge on any atom is 0.345 e. The number of rotatable bonds is 7. The topological polar surface area (TPSA) is 61.6 Å². The lowest BCUT2D eigenvalue weighted by molar-refractivity contribution is -0.421. The Balaban J connectivity index is 1.67. The van der Waals surface area contributed by atoms with Gasteiger partial charge in [0.05, 0.1) is 18.8 Å². The summed E-state index contributed by atoms with van der Waals surface area (Å²) < 4.78 is 12.2. The normalized spacial score (nSPS) is 17.8. The van der Waals surface area contributed by atoms with Gasteiger partial charge in [0.15, 0.2) is 0 Å². The van der Waals surface area contributed by atoms with Gasteiger partial charge in [0.2, 0.25) is 5.71 Å². The van der Waals surface area contributed by atoms with Crippen LogP contribution in [-0.4, -0.2) is 36.7 Å². The van der Waals surface area contributed by atoms with Crippen LogP contribution in [0.15, 0.2) is 54.1 Å². The number of benzene rings is 2. The predicted octanol–water partition coefficient (Wildman–Crippen LogP) is 5.34. The molecule has 0 aliphatic heterocycles. The quantitative estimate of drug-likeness (QED) is 0.256. The number of nitrogens with zero attached hydrogens (tertiary/aromatic N) is 1. The van der Waals surface area contributed by atoms with E-state index in [4.69, 9.17) is 9.47 Å². The first-order valence-electron chi connectivity index (χ1n) is 11.6. The van der Waals surface area contributed by atoms with Crippen LogP contribution in [0.2, 0.25) is 0 Å². The molecule has 0 spiro atoms. The van der Waals surface area contributed by atoms with Gasteiger partial charge in [0.25, 0.3) is 0 Å². The number of carbonyl (C=O) groups is 1. The molecule has 0 bridgehead atoms. The molecule has 2 aromatic rings. The molecule has 0 saturated heterocycles. The molecule has 0 aromatic heterocycles. The number of esters is 1. The third kappa shape index (κ3) is 4.57. The number of fused-ring (bicyclic) bond motifs is 1. The predicted molar refractivity (Wildman–Crippen MR) is 126 cm³/mol. The first kappa shape index (κ1) is 22.1. The average Bonchev–Trinajstić information content (AvgIpc) is 3.15. The van der Waals surface area contributed by atoms with Crippen molar-refractivity contribution in [3.63, 3.8) is 0 Å². The van der Waals surface area contributed by atoms with Crippen molar-refractivity contribution < 1.29 is 19.0 Å². The molecule has 0 unspecified atom stereocenters. The Morgan fingerprint density at radius 1 is 1.06 bits per heavy atom. The van der Waals surface area contributed by atoms with Gasteiger partial charge in [0, 0.05) is 5.57 Å². The molecule has 0 N–H and O–H groups in total. The molecule has 2 aliphatic rings. The second kappa shape index (κ2) is 10.0. The van der Waals surface area contributed by atoms with E-state index in [-0.39, 0.29) is 6.61 Å². The summed E-state index contributed by atoms with van der Waals surface area (Å²) in [7, 11) is 1.42. The van der Waals surface area contributed by atoms with E-state index < -0.39 is 5.97 Å². The highest BCUT2D eigenvalue weighted by atomic mass is 16.5. The van der Waals surface area contributed by atoms with E-state index in [0.29, 0.717) is 23.5 Å². The first-order chi connectivity index (χ1) is 15.6. The summed E-state index contributed by atoms with van der Waals surface area (Å²) >= 11 is 0. The first-order valence-corrected chi connectivity index (χ1v) is 11.6. The van der Waals surface area contributed by atoms with E-state index in [1.54, 1.807) is 6.92 Å². The average molecular weight is 434 g/mol. The second-order valence-electron chi connectivity index (χ2n) is 8.53. The molecule has 2 aliphatic carbocycles. The smallest absolute Gasteiger partial charge is 0.345 e. The number of hydrogen-bond donors (Lipinski definition) is 0. The Hall–Kier alpha value is -3.08. The van der Waals surface area contributed by atoms with E-state index in [0.717, 1.165) is 39.5 Å². The molecule has 0 amide bonds. The van der Waals surface area contributed by atoms with Crippen molar-refractivity contribution in [2.75, 3.05) is 20.3 Å². The fraction of sp³-hybridized carbons (Fsp3) is 0.407. The van der Waals surface area contributed by atoms with Gasteiger partial charge in [-0.05, 0) is 48.6 Å². The standard InChI is InChI=1S/C27H31NO4/c1-3-31-27(29)25-24(20-12-8-5-9-13-20)22-15-14-21(18-23(22)26(25)28(2)30)32-17-16-19-10-6-4-7-11-19/h5,8-9,12-15,18-19H,3-4,6-7,10-11,16-17H2,1-2H3/b28-26+. The van der Waals surface area contributed by atoms with Gasteiger partial charge in [0.1, 0.15) is 18.4 Å².